The Labute approximate surface area is 166 Å². The van der Waals surface area contributed by atoms with Gasteiger partial charge in [0.2, 0.25) is 10.0 Å². The normalized spacial score (nSPS) is 20.7. The fourth-order valence-corrected chi connectivity index (χ4v) is 5.36. The first-order valence-corrected chi connectivity index (χ1v) is 10.8. The first-order valence-electron chi connectivity index (χ1n) is 9.41. The third-order valence-corrected chi connectivity index (χ3v) is 6.80. The molecule has 3 rings (SSSR count). The lowest BCUT2D eigenvalue weighted by atomic mass is 9.94. The van der Waals surface area contributed by atoms with Gasteiger partial charge in [-0.1, -0.05) is 26.0 Å². The van der Waals surface area contributed by atoms with Crippen LogP contribution in [0, 0.1) is 11.8 Å². The summed E-state index contributed by atoms with van der Waals surface area (Å²) in [6.45, 7) is 5.07. The topological polar surface area (TPSA) is 86.7 Å². The zero-order valence-electron chi connectivity index (χ0n) is 16.1. The highest BCUT2D eigenvalue weighted by molar-refractivity contribution is 7.89. The molecule has 0 spiro atoms. The van der Waals surface area contributed by atoms with Crippen LogP contribution < -0.4 is 5.32 Å². The minimum Gasteiger partial charge on any atom is -0.392 e. The Morgan fingerprint density at radius 2 is 1.75 bits per heavy atom. The van der Waals surface area contributed by atoms with E-state index in [1.807, 2.05) is 0 Å². The van der Waals surface area contributed by atoms with Gasteiger partial charge in [-0.2, -0.15) is 4.31 Å². The van der Waals surface area contributed by atoms with E-state index < -0.39 is 10.0 Å². The minimum absolute atomic E-state index is 0.107. The van der Waals surface area contributed by atoms with Crippen LogP contribution in [0.2, 0.25) is 0 Å². The SMILES string of the molecule is CC1CC(C)CN(S(=O)(=O)c2ccc(C(=O)Nc3cccc(CO)c3)cc2)C1. The van der Waals surface area contributed by atoms with E-state index in [0.717, 1.165) is 6.42 Å². The van der Waals surface area contributed by atoms with Crippen molar-refractivity contribution in [2.45, 2.75) is 31.8 Å². The highest BCUT2D eigenvalue weighted by atomic mass is 32.2. The first-order chi connectivity index (χ1) is 13.3. The molecule has 7 heteroatoms. The van der Waals surface area contributed by atoms with Crippen molar-refractivity contribution in [1.82, 2.24) is 4.31 Å². The van der Waals surface area contributed by atoms with E-state index >= 15 is 0 Å². The molecule has 150 valence electrons. The van der Waals surface area contributed by atoms with Crippen molar-refractivity contribution >= 4 is 21.6 Å². The summed E-state index contributed by atoms with van der Waals surface area (Å²) in [6.07, 6.45) is 1.03. The molecule has 28 heavy (non-hydrogen) atoms. The zero-order chi connectivity index (χ0) is 20.3. The molecule has 2 atom stereocenters. The summed E-state index contributed by atoms with van der Waals surface area (Å²) in [5.41, 5.74) is 1.64. The number of hydrogen-bond acceptors (Lipinski definition) is 4. The Bertz CT molecular complexity index is 931. The number of hydrogen-bond donors (Lipinski definition) is 2. The molecule has 2 aromatic carbocycles. The molecule has 1 aliphatic heterocycles. The number of anilines is 1. The minimum atomic E-state index is -3.56. The van der Waals surface area contributed by atoms with Gasteiger partial charge in [0.05, 0.1) is 11.5 Å². The smallest absolute Gasteiger partial charge is 0.255 e. The number of nitrogens with zero attached hydrogens (tertiary/aromatic N) is 1. The second-order valence-electron chi connectivity index (χ2n) is 7.61. The molecule has 0 saturated carbocycles. The van der Waals surface area contributed by atoms with E-state index in [2.05, 4.69) is 19.2 Å². The lowest BCUT2D eigenvalue weighted by molar-refractivity contribution is 0.102. The summed E-state index contributed by atoms with van der Waals surface area (Å²) in [5, 5.41) is 11.9. The van der Waals surface area contributed by atoms with Gasteiger partial charge in [0.15, 0.2) is 0 Å². The van der Waals surface area contributed by atoms with Crippen LogP contribution in [0.4, 0.5) is 5.69 Å². The Morgan fingerprint density at radius 1 is 1.11 bits per heavy atom. The van der Waals surface area contributed by atoms with Gasteiger partial charge in [0, 0.05) is 24.3 Å². The maximum atomic E-state index is 12.9. The van der Waals surface area contributed by atoms with Crippen LogP contribution in [0.3, 0.4) is 0 Å². The fraction of sp³-hybridized carbons (Fsp3) is 0.381. The molecule has 2 N–H and O–H groups in total. The van der Waals surface area contributed by atoms with E-state index in [1.54, 1.807) is 28.6 Å². The molecule has 1 saturated heterocycles. The molecule has 2 aromatic rings. The molecule has 6 nitrogen and oxygen atoms in total. The number of aliphatic hydroxyl groups excluding tert-OH is 1. The van der Waals surface area contributed by atoms with Crippen LogP contribution in [0.25, 0.3) is 0 Å². The van der Waals surface area contributed by atoms with Crippen molar-refractivity contribution in [3.63, 3.8) is 0 Å². The summed E-state index contributed by atoms with van der Waals surface area (Å²) in [6, 6.07) is 12.9. The maximum Gasteiger partial charge on any atom is 0.255 e. The fourth-order valence-electron chi connectivity index (χ4n) is 3.68. The summed E-state index contributed by atoms with van der Waals surface area (Å²) in [5.74, 6) is 0.329. The second-order valence-corrected chi connectivity index (χ2v) is 9.54. The number of benzene rings is 2. The second kappa shape index (κ2) is 8.43. The number of rotatable bonds is 5. The average Bonchev–Trinajstić information content (AvgIpc) is 2.67. The Hall–Kier alpha value is -2.22. The Kier molecular flexibility index (Phi) is 6.17. The first kappa shape index (κ1) is 20.5. The summed E-state index contributed by atoms with van der Waals surface area (Å²) < 4.78 is 27.4. The van der Waals surface area contributed by atoms with Gasteiger partial charge in [-0.25, -0.2) is 8.42 Å². The molecule has 1 aliphatic rings. The van der Waals surface area contributed by atoms with Crippen LogP contribution in [0.5, 0.6) is 0 Å². The number of sulfonamides is 1. The lowest BCUT2D eigenvalue weighted by Crippen LogP contribution is -2.42. The third kappa shape index (κ3) is 4.60. The molecule has 1 heterocycles. The molecule has 0 bridgehead atoms. The molecule has 1 amide bonds. The summed E-state index contributed by atoms with van der Waals surface area (Å²) in [4.78, 5) is 12.6. The van der Waals surface area contributed by atoms with E-state index in [0.29, 0.717) is 41.7 Å². The highest BCUT2D eigenvalue weighted by Gasteiger charge is 2.31. The van der Waals surface area contributed by atoms with Gasteiger partial charge in [-0.15, -0.1) is 0 Å². The molecule has 0 aromatic heterocycles. The number of aliphatic hydroxyl groups is 1. The van der Waals surface area contributed by atoms with Crippen molar-refractivity contribution in [3.8, 4) is 0 Å². The van der Waals surface area contributed by atoms with Crippen molar-refractivity contribution in [2.24, 2.45) is 11.8 Å². The number of piperidine rings is 1. The van der Waals surface area contributed by atoms with Gasteiger partial charge in [-0.05, 0) is 60.2 Å². The standard InChI is InChI=1S/C21H26N2O4S/c1-15-10-16(2)13-23(12-15)28(26,27)20-8-6-18(7-9-20)21(25)22-19-5-3-4-17(11-19)14-24/h3-9,11,15-16,24H,10,12-14H2,1-2H3,(H,22,25). The van der Waals surface area contributed by atoms with Crippen molar-refractivity contribution in [3.05, 3.63) is 59.7 Å². The van der Waals surface area contributed by atoms with Gasteiger partial charge in [-0.3, -0.25) is 4.79 Å². The van der Waals surface area contributed by atoms with Crippen molar-refractivity contribution < 1.29 is 18.3 Å². The van der Waals surface area contributed by atoms with Crippen LogP contribution in [0.15, 0.2) is 53.4 Å². The van der Waals surface area contributed by atoms with Gasteiger partial charge >= 0.3 is 0 Å². The van der Waals surface area contributed by atoms with Crippen LogP contribution in [0.1, 0.15) is 36.2 Å². The predicted octanol–water partition coefficient (Wildman–Crippen LogP) is 3.10. The number of carbonyl (C=O) groups is 1. The van der Waals surface area contributed by atoms with E-state index in [9.17, 15) is 18.3 Å². The van der Waals surface area contributed by atoms with E-state index in [-0.39, 0.29) is 17.4 Å². The molecule has 0 radical (unpaired) electrons. The van der Waals surface area contributed by atoms with Crippen molar-refractivity contribution in [1.29, 1.82) is 0 Å². The lowest BCUT2D eigenvalue weighted by Gasteiger charge is -2.34. The molecule has 2 unspecified atom stereocenters. The van der Waals surface area contributed by atoms with Crippen LogP contribution in [-0.2, 0) is 16.6 Å². The Morgan fingerprint density at radius 3 is 2.36 bits per heavy atom. The molecule has 0 aliphatic carbocycles. The van der Waals surface area contributed by atoms with E-state index in [1.165, 1.54) is 24.3 Å². The average molecular weight is 403 g/mol. The third-order valence-electron chi connectivity index (χ3n) is 4.96. The highest BCUT2D eigenvalue weighted by Crippen LogP contribution is 2.26. The predicted molar refractivity (Wildman–Crippen MR) is 108 cm³/mol. The van der Waals surface area contributed by atoms with Gasteiger partial charge < -0.3 is 10.4 Å². The Balaban J connectivity index is 1.74. The van der Waals surface area contributed by atoms with Gasteiger partial charge in [0.1, 0.15) is 0 Å². The van der Waals surface area contributed by atoms with Crippen molar-refractivity contribution in [2.75, 3.05) is 18.4 Å². The largest absolute Gasteiger partial charge is 0.392 e. The van der Waals surface area contributed by atoms with Crippen LogP contribution >= 0.6 is 0 Å². The number of nitrogens with one attached hydrogen (secondary N) is 1. The van der Waals surface area contributed by atoms with Gasteiger partial charge in [0.25, 0.3) is 5.91 Å². The molecular formula is C21H26N2O4S. The van der Waals surface area contributed by atoms with Crippen LogP contribution in [-0.4, -0.2) is 36.8 Å². The number of amides is 1. The molecular weight excluding hydrogens is 376 g/mol. The number of carbonyl (C=O) groups excluding carboxylic acids is 1. The quantitative estimate of drug-likeness (QED) is 0.805. The van der Waals surface area contributed by atoms with E-state index in [4.69, 9.17) is 0 Å². The summed E-state index contributed by atoms with van der Waals surface area (Å²) >= 11 is 0. The summed E-state index contributed by atoms with van der Waals surface area (Å²) in [7, 11) is -3.56. The zero-order valence-corrected chi connectivity index (χ0v) is 16.9. The molecule has 1 fully saturated rings. The maximum absolute atomic E-state index is 12.9. The monoisotopic (exact) mass is 402 g/mol.